The van der Waals surface area contributed by atoms with Crippen molar-refractivity contribution in [3.05, 3.63) is 38.3 Å². The van der Waals surface area contributed by atoms with Gasteiger partial charge in [-0.1, -0.05) is 24.6 Å². The highest BCUT2D eigenvalue weighted by Gasteiger charge is 2.15. The quantitative estimate of drug-likeness (QED) is 0.811. The smallest absolute Gasteiger partial charge is 0.123 e. The van der Waals surface area contributed by atoms with Crippen molar-refractivity contribution in [2.75, 3.05) is 6.54 Å². The zero-order chi connectivity index (χ0) is 14.0. The van der Waals surface area contributed by atoms with Gasteiger partial charge in [-0.3, -0.25) is 0 Å². The van der Waals surface area contributed by atoms with Gasteiger partial charge in [0.05, 0.1) is 10.7 Å². The molecule has 0 saturated carbocycles. The van der Waals surface area contributed by atoms with Gasteiger partial charge in [0.25, 0.3) is 0 Å². The number of rotatable bonds is 4. The fourth-order valence-electron chi connectivity index (χ4n) is 1.96. The molecule has 0 bridgehead atoms. The van der Waals surface area contributed by atoms with Crippen LogP contribution < -0.4 is 5.32 Å². The number of nitrogens with zero attached hydrogens (tertiary/aromatic N) is 1. The Morgan fingerprint density at radius 1 is 1.47 bits per heavy atom. The van der Waals surface area contributed by atoms with Crippen molar-refractivity contribution in [1.29, 1.82) is 0 Å². The highest BCUT2D eigenvalue weighted by molar-refractivity contribution is 9.10. The Bertz CT molecular complexity index is 583. The second-order valence-corrected chi connectivity index (χ2v) is 6.67. The van der Waals surface area contributed by atoms with E-state index in [9.17, 15) is 0 Å². The van der Waals surface area contributed by atoms with E-state index in [0.29, 0.717) is 11.1 Å². The van der Waals surface area contributed by atoms with Gasteiger partial charge in [-0.15, -0.1) is 11.3 Å². The minimum atomic E-state index is 0.335. The molecular formula is C14H16BrClN2S. The molecule has 0 aliphatic carbocycles. The summed E-state index contributed by atoms with van der Waals surface area (Å²) in [5.74, 6) is 0. The summed E-state index contributed by atoms with van der Waals surface area (Å²) < 4.78 is 0.910. The Morgan fingerprint density at radius 3 is 2.84 bits per heavy atom. The van der Waals surface area contributed by atoms with E-state index in [1.165, 1.54) is 4.88 Å². The SMILES string of the molecule is CCNC(C)c1sc(-c2ccc(Br)c(Cl)c2)nc1C. The Kier molecular flexibility index (Phi) is 5.01. The highest BCUT2D eigenvalue weighted by atomic mass is 79.9. The van der Waals surface area contributed by atoms with Gasteiger partial charge in [0, 0.05) is 21.0 Å². The van der Waals surface area contributed by atoms with E-state index >= 15 is 0 Å². The number of halogens is 2. The van der Waals surface area contributed by atoms with Crippen LogP contribution in [0.1, 0.15) is 30.5 Å². The summed E-state index contributed by atoms with van der Waals surface area (Å²) in [5.41, 5.74) is 2.16. The van der Waals surface area contributed by atoms with Crippen LogP contribution in [-0.2, 0) is 0 Å². The summed E-state index contributed by atoms with van der Waals surface area (Å²) in [7, 11) is 0. The van der Waals surface area contributed by atoms with Gasteiger partial charge >= 0.3 is 0 Å². The lowest BCUT2D eigenvalue weighted by atomic mass is 10.2. The van der Waals surface area contributed by atoms with Crippen molar-refractivity contribution in [2.24, 2.45) is 0 Å². The van der Waals surface area contributed by atoms with Gasteiger partial charge in [-0.2, -0.15) is 0 Å². The Hall–Kier alpha value is -0.420. The van der Waals surface area contributed by atoms with E-state index in [1.807, 2.05) is 18.2 Å². The maximum Gasteiger partial charge on any atom is 0.123 e. The van der Waals surface area contributed by atoms with E-state index in [4.69, 9.17) is 11.6 Å². The molecule has 0 aliphatic rings. The van der Waals surface area contributed by atoms with E-state index in [0.717, 1.165) is 27.3 Å². The summed E-state index contributed by atoms with van der Waals surface area (Å²) in [4.78, 5) is 5.95. The normalized spacial score (nSPS) is 12.7. The molecule has 2 rings (SSSR count). The van der Waals surface area contributed by atoms with Crippen LogP contribution in [0.3, 0.4) is 0 Å². The standard InChI is InChI=1S/C14H16BrClN2S/c1-4-17-8(2)13-9(3)18-14(19-13)10-5-6-11(15)12(16)7-10/h5-8,17H,4H2,1-3H3. The molecule has 1 atom stereocenters. The van der Waals surface area contributed by atoms with Crippen molar-refractivity contribution in [2.45, 2.75) is 26.8 Å². The Morgan fingerprint density at radius 2 is 2.21 bits per heavy atom. The van der Waals surface area contributed by atoms with Crippen LogP contribution in [0.25, 0.3) is 10.6 Å². The molecule has 1 unspecified atom stereocenters. The first-order chi connectivity index (χ1) is 9.02. The maximum absolute atomic E-state index is 6.14. The third-order valence-corrected chi connectivity index (χ3v) is 5.52. The minimum absolute atomic E-state index is 0.335. The average Bonchev–Trinajstić information content (AvgIpc) is 2.75. The monoisotopic (exact) mass is 358 g/mol. The fraction of sp³-hybridized carbons (Fsp3) is 0.357. The first-order valence-corrected chi connectivity index (χ1v) is 8.17. The van der Waals surface area contributed by atoms with Gasteiger partial charge in [0.2, 0.25) is 0 Å². The van der Waals surface area contributed by atoms with Crippen LogP contribution in [0.5, 0.6) is 0 Å². The summed E-state index contributed by atoms with van der Waals surface area (Å²) >= 11 is 11.3. The topological polar surface area (TPSA) is 24.9 Å². The second-order valence-electron chi connectivity index (χ2n) is 4.38. The van der Waals surface area contributed by atoms with Gasteiger partial charge in [0.15, 0.2) is 0 Å². The van der Waals surface area contributed by atoms with Crippen LogP contribution in [-0.4, -0.2) is 11.5 Å². The molecular weight excluding hydrogens is 344 g/mol. The number of nitrogens with one attached hydrogen (secondary N) is 1. The van der Waals surface area contributed by atoms with Gasteiger partial charge in [-0.05, 0) is 48.5 Å². The summed E-state index contributed by atoms with van der Waals surface area (Å²) in [6.07, 6.45) is 0. The number of aryl methyl sites for hydroxylation is 1. The third kappa shape index (κ3) is 3.37. The zero-order valence-corrected chi connectivity index (χ0v) is 14.3. The fourth-order valence-corrected chi connectivity index (χ4v) is 3.48. The van der Waals surface area contributed by atoms with Crippen molar-refractivity contribution in [3.8, 4) is 10.6 Å². The first-order valence-electron chi connectivity index (χ1n) is 6.19. The largest absolute Gasteiger partial charge is 0.310 e. The molecule has 1 aromatic carbocycles. The molecule has 5 heteroatoms. The van der Waals surface area contributed by atoms with Crippen molar-refractivity contribution >= 4 is 38.9 Å². The maximum atomic E-state index is 6.14. The molecule has 2 aromatic rings. The van der Waals surface area contributed by atoms with E-state index < -0.39 is 0 Å². The van der Waals surface area contributed by atoms with Crippen LogP contribution >= 0.6 is 38.9 Å². The average molecular weight is 360 g/mol. The lowest BCUT2D eigenvalue weighted by molar-refractivity contribution is 0.603. The van der Waals surface area contributed by atoms with Gasteiger partial charge in [-0.25, -0.2) is 4.98 Å². The highest BCUT2D eigenvalue weighted by Crippen LogP contribution is 2.34. The molecule has 2 nitrogen and oxygen atoms in total. The lowest BCUT2D eigenvalue weighted by Crippen LogP contribution is -2.17. The Labute approximate surface area is 131 Å². The number of benzene rings is 1. The van der Waals surface area contributed by atoms with Crippen molar-refractivity contribution < 1.29 is 0 Å². The van der Waals surface area contributed by atoms with Crippen LogP contribution in [0.2, 0.25) is 5.02 Å². The number of hydrogen-bond donors (Lipinski definition) is 1. The van der Waals surface area contributed by atoms with Crippen LogP contribution in [0.4, 0.5) is 0 Å². The Balaban J connectivity index is 2.36. The van der Waals surface area contributed by atoms with Gasteiger partial charge in [0.1, 0.15) is 5.01 Å². The number of thiazole rings is 1. The first kappa shape index (κ1) is 15.0. The molecule has 0 radical (unpaired) electrons. The second kappa shape index (κ2) is 6.35. The summed E-state index contributed by atoms with van der Waals surface area (Å²) in [5, 5.41) is 5.16. The van der Waals surface area contributed by atoms with Crippen molar-refractivity contribution in [1.82, 2.24) is 10.3 Å². The molecule has 0 fully saturated rings. The number of hydrogen-bond acceptors (Lipinski definition) is 3. The van der Waals surface area contributed by atoms with Gasteiger partial charge < -0.3 is 5.32 Å². The zero-order valence-electron chi connectivity index (χ0n) is 11.1. The van der Waals surface area contributed by atoms with Crippen LogP contribution in [0, 0.1) is 6.92 Å². The van der Waals surface area contributed by atoms with Crippen LogP contribution in [0.15, 0.2) is 22.7 Å². The molecule has 0 spiro atoms. The molecule has 1 heterocycles. The predicted molar refractivity (Wildman–Crippen MR) is 87.1 cm³/mol. The molecule has 1 N–H and O–H groups in total. The lowest BCUT2D eigenvalue weighted by Gasteiger charge is -2.09. The molecule has 1 aromatic heterocycles. The number of aromatic nitrogens is 1. The predicted octanol–water partition coefficient (Wildman–Crippen LogP) is 5.20. The molecule has 0 aliphatic heterocycles. The van der Waals surface area contributed by atoms with E-state index in [1.54, 1.807) is 11.3 Å². The third-order valence-electron chi connectivity index (χ3n) is 2.90. The molecule has 0 amide bonds. The van der Waals surface area contributed by atoms with Crippen molar-refractivity contribution in [3.63, 3.8) is 0 Å². The molecule has 0 saturated heterocycles. The summed E-state index contributed by atoms with van der Waals surface area (Å²) in [6.45, 7) is 7.30. The molecule has 102 valence electrons. The minimum Gasteiger partial charge on any atom is -0.310 e. The van der Waals surface area contributed by atoms with E-state index in [-0.39, 0.29) is 0 Å². The summed E-state index contributed by atoms with van der Waals surface area (Å²) in [6, 6.07) is 6.28. The molecule has 19 heavy (non-hydrogen) atoms. The van der Waals surface area contributed by atoms with E-state index in [2.05, 4.69) is 47.0 Å².